The Morgan fingerprint density at radius 3 is 2.62 bits per heavy atom. The zero-order valence-corrected chi connectivity index (χ0v) is 9.65. The van der Waals surface area contributed by atoms with E-state index in [1.165, 1.54) is 24.4 Å². The number of nitrogens with zero attached hydrogens (tertiary/aromatic N) is 4. The Labute approximate surface area is 98.1 Å². The molecule has 0 radical (unpaired) electrons. The van der Waals surface area contributed by atoms with Crippen molar-refractivity contribution in [1.82, 2.24) is 14.3 Å². The maximum Gasteiger partial charge on any atom is 0.174 e. The third-order valence-electron chi connectivity index (χ3n) is 2.80. The lowest BCUT2D eigenvalue weighted by Crippen LogP contribution is -2.18. The van der Waals surface area contributed by atoms with Crippen molar-refractivity contribution in [2.45, 2.75) is 12.8 Å². The van der Waals surface area contributed by atoms with Crippen LogP contribution < -0.4 is 4.90 Å². The Bertz CT molecular complexity index is 445. The first-order valence-corrected chi connectivity index (χ1v) is 6.25. The summed E-state index contributed by atoms with van der Waals surface area (Å²) in [4.78, 5) is 11.0. The highest BCUT2D eigenvalue weighted by atomic mass is 32.1. The standard InChI is InChI=1S/C11H12N4S/c1-2-6-15(5-1)10-4-3-9(7-12-10)11-13-8-16-14-11/h3-4,7-8H,1-2,5-6H2. The minimum Gasteiger partial charge on any atom is -0.357 e. The second kappa shape index (κ2) is 4.17. The Balaban J connectivity index is 1.84. The van der Waals surface area contributed by atoms with Crippen molar-refractivity contribution in [2.24, 2.45) is 0 Å². The summed E-state index contributed by atoms with van der Waals surface area (Å²) >= 11 is 1.36. The van der Waals surface area contributed by atoms with Gasteiger partial charge in [0.15, 0.2) is 5.82 Å². The van der Waals surface area contributed by atoms with Crippen LogP contribution in [0, 0.1) is 0 Å². The topological polar surface area (TPSA) is 41.9 Å². The predicted octanol–water partition coefficient (Wildman–Crippen LogP) is 2.20. The molecule has 1 aliphatic heterocycles. The molecule has 2 aromatic rings. The van der Waals surface area contributed by atoms with Gasteiger partial charge in [-0.1, -0.05) is 0 Å². The summed E-state index contributed by atoms with van der Waals surface area (Å²) in [7, 11) is 0. The molecular weight excluding hydrogens is 220 g/mol. The van der Waals surface area contributed by atoms with E-state index in [0.29, 0.717) is 0 Å². The fraction of sp³-hybridized carbons (Fsp3) is 0.364. The molecule has 0 aromatic carbocycles. The van der Waals surface area contributed by atoms with Crippen LogP contribution in [0.2, 0.25) is 0 Å². The number of hydrogen-bond donors (Lipinski definition) is 0. The van der Waals surface area contributed by atoms with Crippen LogP contribution in [0.15, 0.2) is 23.8 Å². The number of rotatable bonds is 2. The van der Waals surface area contributed by atoms with Crippen molar-refractivity contribution >= 4 is 17.4 Å². The van der Waals surface area contributed by atoms with Crippen molar-refractivity contribution in [3.05, 3.63) is 23.8 Å². The predicted molar refractivity (Wildman–Crippen MR) is 64.6 cm³/mol. The van der Waals surface area contributed by atoms with Gasteiger partial charge in [-0.05, 0) is 36.5 Å². The molecule has 0 atom stereocenters. The van der Waals surface area contributed by atoms with E-state index < -0.39 is 0 Å². The highest BCUT2D eigenvalue weighted by Crippen LogP contribution is 2.21. The van der Waals surface area contributed by atoms with Crippen LogP contribution in [0.3, 0.4) is 0 Å². The lowest BCUT2D eigenvalue weighted by molar-refractivity contribution is 0.938. The molecule has 0 amide bonds. The molecule has 4 nitrogen and oxygen atoms in total. The third kappa shape index (κ3) is 1.78. The van der Waals surface area contributed by atoms with Crippen molar-refractivity contribution in [2.75, 3.05) is 18.0 Å². The Kier molecular flexibility index (Phi) is 2.53. The van der Waals surface area contributed by atoms with Gasteiger partial charge >= 0.3 is 0 Å². The Morgan fingerprint density at radius 1 is 1.12 bits per heavy atom. The minimum atomic E-state index is 0.769. The fourth-order valence-electron chi connectivity index (χ4n) is 1.95. The molecule has 0 N–H and O–H groups in total. The largest absolute Gasteiger partial charge is 0.357 e. The van der Waals surface area contributed by atoms with Crippen molar-refractivity contribution in [3.8, 4) is 11.4 Å². The molecule has 3 heterocycles. The number of anilines is 1. The maximum atomic E-state index is 4.47. The Morgan fingerprint density at radius 2 is 2.00 bits per heavy atom. The smallest absolute Gasteiger partial charge is 0.174 e. The molecule has 3 rings (SSSR count). The van der Waals surface area contributed by atoms with Crippen LogP contribution in [-0.2, 0) is 0 Å². The zero-order chi connectivity index (χ0) is 10.8. The molecule has 2 aromatic heterocycles. The molecule has 82 valence electrons. The number of hydrogen-bond acceptors (Lipinski definition) is 5. The van der Waals surface area contributed by atoms with E-state index >= 15 is 0 Å². The molecule has 1 fully saturated rings. The van der Waals surface area contributed by atoms with E-state index in [2.05, 4.69) is 25.3 Å². The van der Waals surface area contributed by atoms with Gasteiger partial charge in [0.05, 0.1) is 0 Å². The molecule has 0 aliphatic carbocycles. The summed E-state index contributed by atoms with van der Waals surface area (Å²) in [6.45, 7) is 2.25. The van der Waals surface area contributed by atoms with E-state index in [4.69, 9.17) is 0 Å². The summed E-state index contributed by atoms with van der Waals surface area (Å²) in [5.41, 5.74) is 2.73. The van der Waals surface area contributed by atoms with E-state index in [-0.39, 0.29) is 0 Å². The lowest BCUT2D eigenvalue weighted by atomic mass is 10.2. The van der Waals surface area contributed by atoms with Gasteiger partial charge in [-0.2, -0.15) is 4.37 Å². The first-order chi connectivity index (χ1) is 7.93. The zero-order valence-electron chi connectivity index (χ0n) is 8.83. The molecular formula is C11H12N4S. The second-order valence-electron chi connectivity index (χ2n) is 3.85. The van der Waals surface area contributed by atoms with E-state index in [0.717, 1.165) is 30.3 Å². The van der Waals surface area contributed by atoms with Crippen molar-refractivity contribution in [1.29, 1.82) is 0 Å². The summed E-state index contributed by atoms with van der Waals surface area (Å²) in [6, 6.07) is 4.10. The van der Waals surface area contributed by atoms with Crippen LogP contribution in [0.5, 0.6) is 0 Å². The van der Waals surface area contributed by atoms with Gasteiger partial charge in [0.2, 0.25) is 0 Å². The van der Waals surface area contributed by atoms with Gasteiger partial charge in [0, 0.05) is 24.8 Å². The van der Waals surface area contributed by atoms with Gasteiger partial charge in [-0.15, -0.1) is 0 Å². The highest BCUT2D eigenvalue weighted by Gasteiger charge is 2.13. The highest BCUT2D eigenvalue weighted by molar-refractivity contribution is 7.03. The SMILES string of the molecule is c1nc(-c2ccc(N3CCCC3)nc2)ns1. The van der Waals surface area contributed by atoms with Gasteiger partial charge < -0.3 is 4.90 Å². The van der Waals surface area contributed by atoms with Crippen LogP contribution in [-0.4, -0.2) is 27.4 Å². The van der Waals surface area contributed by atoms with Crippen LogP contribution in [0.25, 0.3) is 11.4 Å². The lowest BCUT2D eigenvalue weighted by Gasteiger charge is -2.15. The minimum absolute atomic E-state index is 0.769. The average Bonchev–Trinajstić information content (AvgIpc) is 3.03. The van der Waals surface area contributed by atoms with Gasteiger partial charge in [0.25, 0.3) is 0 Å². The van der Waals surface area contributed by atoms with Crippen molar-refractivity contribution < 1.29 is 0 Å². The second-order valence-corrected chi connectivity index (χ2v) is 4.46. The van der Waals surface area contributed by atoms with Crippen LogP contribution >= 0.6 is 11.5 Å². The normalized spacial score (nSPS) is 15.6. The third-order valence-corrected chi connectivity index (χ3v) is 3.28. The van der Waals surface area contributed by atoms with E-state index in [1.54, 1.807) is 5.51 Å². The first-order valence-electron chi connectivity index (χ1n) is 5.41. The monoisotopic (exact) mass is 232 g/mol. The molecule has 0 saturated carbocycles. The van der Waals surface area contributed by atoms with Gasteiger partial charge in [-0.3, -0.25) is 0 Å². The summed E-state index contributed by atoms with van der Waals surface area (Å²) < 4.78 is 4.19. The molecule has 16 heavy (non-hydrogen) atoms. The first kappa shape index (κ1) is 9.72. The molecule has 0 unspecified atom stereocenters. The Hall–Kier alpha value is -1.49. The molecule has 5 heteroatoms. The summed E-state index contributed by atoms with van der Waals surface area (Å²) in [5.74, 6) is 1.84. The number of aromatic nitrogens is 3. The molecule has 1 aliphatic rings. The van der Waals surface area contributed by atoms with Crippen molar-refractivity contribution in [3.63, 3.8) is 0 Å². The molecule has 0 spiro atoms. The van der Waals surface area contributed by atoms with Crippen LogP contribution in [0.1, 0.15) is 12.8 Å². The average molecular weight is 232 g/mol. The summed E-state index contributed by atoms with van der Waals surface area (Å²) in [6.07, 6.45) is 4.41. The number of pyridine rings is 1. The maximum absolute atomic E-state index is 4.47. The summed E-state index contributed by atoms with van der Waals surface area (Å²) in [5, 5.41) is 0. The van der Waals surface area contributed by atoms with Crippen LogP contribution in [0.4, 0.5) is 5.82 Å². The van der Waals surface area contributed by atoms with E-state index in [9.17, 15) is 0 Å². The quantitative estimate of drug-likeness (QED) is 0.796. The van der Waals surface area contributed by atoms with E-state index in [1.807, 2.05) is 12.3 Å². The fourth-order valence-corrected chi connectivity index (χ4v) is 2.40. The van der Waals surface area contributed by atoms with Gasteiger partial charge in [-0.25, -0.2) is 9.97 Å². The van der Waals surface area contributed by atoms with Gasteiger partial charge in [0.1, 0.15) is 11.3 Å². The molecule has 1 saturated heterocycles. The molecule has 0 bridgehead atoms.